The van der Waals surface area contributed by atoms with Crippen molar-refractivity contribution in [3.8, 4) is 0 Å². The van der Waals surface area contributed by atoms with Crippen molar-refractivity contribution < 1.29 is 4.42 Å². The third kappa shape index (κ3) is 4.10. The Labute approximate surface area is 128 Å². The van der Waals surface area contributed by atoms with Gasteiger partial charge in [-0.3, -0.25) is 0 Å². The molecule has 2 nitrogen and oxygen atoms in total. The Bertz CT molecular complexity index is 581. The second-order valence-corrected chi connectivity index (χ2v) is 6.72. The van der Waals surface area contributed by atoms with Crippen LogP contribution >= 0.6 is 0 Å². The van der Waals surface area contributed by atoms with Gasteiger partial charge in [-0.1, -0.05) is 47.1 Å². The summed E-state index contributed by atoms with van der Waals surface area (Å²) in [5.41, 5.74) is 3.84. The Morgan fingerprint density at radius 3 is 2.52 bits per heavy atom. The molecular weight excluding hydrogens is 258 g/mol. The number of nitrogens with one attached hydrogen (secondary N) is 1. The molecule has 0 aliphatic rings. The molecule has 0 spiro atoms. The van der Waals surface area contributed by atoms with Gasteiger partial charge >= 0.3 is 0 Å². The van der Waals surface area contributed by atoms with Crippen LogP contribution in [0.5, 0.6) is 0 Å². The third-order valence-electron chi connectivity index (χ3n) is 3.76. The molecule has 0 fully saturated rings. The van der Waals surface area contributed by atoms with Gasteiger partial charge in [0.1, 0.15) is 11.3 Å². The molecule has 0 aliphatic heterocycles. The Kier molecular flexibility index (Phi) is 5.46. The summed E-state index contributed by atoms with van der Waals surface area (Å²) < 4.78 is 6.12. The van der Waals surface area contributed by atoms with Crippen molar-refractivity contribution in [3.05, 3.63) is 35.1 Å². The molecule has 0 atom stereocenters. The van der Waals surface area contributed by atoms with E-state index in [4.69, 9.17) is 4.42 Å². The Hall–Kier alpha value is -1.28. The molecule has 2 aromatic rings. The van der Waals surface area contributed by atoms with Gasteiger partial charge in [-0.2, -0.15) is 0 Å². The number of aryl methyl sites for hydroxylation is 1. The molecule has 0 unspecified atom stereocenters. The molecule has 116 valence electrons. The smallest absolute Gasteiger partial charge is 0.134 e. The van der Waals surface area contributed by atoms with Crippen LogP contribution in [0.2, 0.25) is 0 Å². The van der Waals surface area contributed by atoms with Gasteiger partial charge < -0.3 is 9.73 Å². The minimum Gasteiger partial charge on any atom is -0.459 e. The standard InChI is InChI=1S/C19H29NO/c1-6-7-15-8-9-18-17(11-15)16(10-13(2)3)19(21-18)12-20-14(4)5/h8-9,11,13-14,20H,6-7,10,12H2,1-5H3. The molecule has 0 radical (unpaired) electrons. The summed E-state index contributed by atoms with van der Waals surface area (Å²) in [5.74, 6) is 1.75. The zero-order valence-electron chi connectivity index (χ0n) is 14.1. The molecule has 0 saturated heterocycles. The van der Waals surface area contributed by atoms with Crippen LogP contribution in [0.3, 0.4) is 0 Å². The monoisotopic (exact) mass is 287 g/mol. The van der Waals surface area contributed by atoms with Gasteiger partial charge in [-0.05, 0) is 36.5 Å². The highest BCUT2D eigenvalue weighted by Crippen LogP contribution is 2.29. The lowest BCUT2D eigenvalue weighted by Crippen LogP contribution is -2.22. The highest BCUT2D eigenvalue weighted by Gasteiger charge is 2.15. The summed E-state index contributed by atoms with van der Waals surface area (Å²) in [6.07, 6.45) is 3.41. The van der Waals surface area contributed by atoms with Crippen LogP contribution < -0.4 is 5.32 Å². The Morgan fingerprint density at radius 2 is 1.90 bits per heavy atom. The molecule has 0 saturated carbocycles. The summed E-state index contributed by atoms with van der Waals surface area (Å²) in [6.45, 7) is 11.9. The largest absolute Gasteiger partial charge is 0.459 e. The number of benzene rings is 1. The van der Waals surface area contributed by atoms with E-state index in [9.17, 15) is 0 Å². The minimum absolute atomic E-state index is 0.473. The van der Waals surface area contributed by atoms with Crippen molar-refractivity contribution in [1.82, 2.24) is 5.32 Å². The average molecular weight is 287 g/mol. The van der Waals surface area contributed by atoms with Crippen LogP contribution in [-0.4, -0.2) is 6.04 Å². The van der Waals surface area contributed by atoms with E-state index in [0.717, 1.165) is 30.7 Å². The van der Waals surface area contributed by atoms with Crippen molar-refractivity contribution in [2.75, 3.05) is 0 Å². The Balaban J connectivity index is 2.41. The van der Waals surface area contributed by atoms with E-state index in [1.54, 1.807) is 0 Å². The first kappa shape index (κ1) is 16.1. The number of furan rings is 1. The number of fused-ring (bicyclic) bond motifs is 1. The first-order valence-corrected chi connectivity index (χ1v) is 8.27. The molecule has 2 rings (SSSR count). The summed E-state index contributed by atoms with van der Waals surface area (Å²) in [4.78, 5) is 0. The maximum Gasteiger partial charge on any atom is 0.134 e. The van der Waals surface area contributed by atoms with Crippen molar-refractivity contribution in [3.63, 3.8) is 0 Å². The molecule has 0 aliphatic carbocycles. The topological polar surface area (TPSA) is 25.2 Å². The number of rotatable bonds is 7. The summed E-state index contributed by atoms with van der Waals surface area (Å²) in [7, 11) is 0. The molecule has 21 heavy (non-hydrogen) atoms. The zero-order valence-corrected chi connectivity index (χ0v) is 14.1. The van der Waals surface area contributed by atoms with E-state index in [-0.39, 0.29) is 0 Å². The van der Waals surface area contributed by atoms with Crippen LogP contribution in [0.4, 0.5) is 0 Å². The van der Waals surface area contributed by atoms with E-state index in [1.807, 2.05) is 0 Å². The first-order valence-electron chi connectivity index (χ1n) is 8.27. The fourth-order valence-corrected chi connectivity index (χ4v) is 2.76. The lowest BCUT2D eigenvalue weighted by Gasteiger charge is -2.09. The second kappa shape index (κ2) is 7.13. The lowest BCUT2D eigenvalue weighted by atomic mass is 9.98. The number of hydrogen-bond donors (Lipinski definition) is 1. The molecule has 1 aromatic heterocycles. The van der Waals surface area contributed by atoms with Crippen LogP contribution in [0, 0.1) is 5.92 Å². The van der Waals surface area contributed by atoms with Gasteiger partial charge in [0.15, 0.2) is 0 Å². The maximum atomic E-state index is 6.12. The summed E-state index contributed by atoms with van der Waals surface area (Å²) in [5, 5.41) is 4.80. The normalized spacial score (nSPS) is 12.0. The van der Waals surface area contributed by atoms with E-state index >= 15 is 0 Å². The molecule has 1 heterocycles. The predicted octanol–water partition coefficient (Wildman–Crippen LogP) is 5.08. The fraction of sp³-hybridized carbons (Fsp3) is 0.579. The van der Waals surface area contributed by atoms with Crippen molar-refractivity contribution in [2.45, 2.75) is 66.5 Å². The molecule has 1 aromatic carbocycles. The zero-order chi connectivity index (χ0) is 15.4. The lowest BCUT2D eigenvalue weighted by molar-refractivity contribution is 0.478. The minimum atomic E-state index is 0.473. The maximum absolute atomic E-state index is 6.12. The van der Waals surface area contributed by atoms with Gasteiger partial charge in [-0.25, -0.2) is 0 Å². The van der Waals surface area contributed by atoms with Gasteiger partial charge in [0.2, 0.25) is 0 Å². The van der Waals surface area contributed by atoms with E-state index in [2.05, 4.69) is 58.1 Å². The second-order valence-electron chi connectivity index (χ2n) is 6.72. The van der Waals surface area contributed by atoms with Gasteiger partial charge in [0.05, 0.1) is 6.54 Å². The molecule has 0 amide bonds. The summed E-state index contributed by atoms with van der Waals surface area (Å²) >= 11 is 0. The highest BCUT2D eigenvalue weighted by atomic mass is 16.3. The summed E-state index contributed by atoms with van der Waals surface area (Å²) in [6, 6.07) is 7.15. The van der Waals surface area contributed by atoms with Crippen molar-refractivity contribution >= 4 is 11.0 Å². The Morgan fingerprint density at radius 1 is 1.14 bits per heavy atom. The van der Waals surface area contributed by atoms with E-state index in [1.165, 1.54) is 22.9 Å². The van der Waals surface area contributed by atoms with Gasteiger partial charge in [0, 0.05) is 17.0 Å². The third-order valence-corrected chi connectivity index (χ3v) is 3.76. The molecular formula is C19H29NO. The SMILES string of the molecule is CCCc1ccc2oc(CNC(C)C)c(CC(C)C)c2c1. The van der Waals surface area contributed by atoms with Crippen LogP contribution in [0.25, 0.3) is 11.0 Å². The van der Waals surface area contributed by atoms with Crippen molar-refractivity contribution in [2.24, 2.45) is 5.92 Å². The highest BCUT2D eigenvalue weighted by molar-refractivity contribution is 5.83. The van der Waals surface area contributed by atoms with Crippen LogP contribution in [-0.2, 0) is 19.4 Å². The average Bonchev–Trinajstić information content (AvgIpc) is 2.74. The molecule has 0 bridgehead atoms. The fourth-order valence-electron chi connectivity index (χ4n) is 2.76. The predicted molar refractivity (Wildman–Crippen MR) is 90.7 cm³/mol. The van der Waals surface area contributed by atoms with Crippen molar-refractivity contribution in [1.29, 1.82) is 0 Å². The number of hydrogen-bond acceptors (Lipinski definition) is 2. The molecule has 1 N–H and O–H groups in total. The quantitative estimate of drug-likeness (QED) is 0.768. The molecule has 2 heteroatoms. The van der Waals surface area contributed by atoms with Gasteiger partial charge in [0.25, 0.3) is 0 Å². The first-order chi connectivity index (χ1) is 10.0. The van der Waals surface area contributed by atoms with Crippen LogP contribution in [0.15, 0.2) is 22.6 Å². The van der Waals surface area contributed by atoms with Gasteiger partial charge in [-0.15, -0.1) is 0 Å². The van der Waals surface area contributed by atoms with E-state index in [0.29, 0.717) is 12.0 Å². The van der Waals surface area contributed by atoms with E-state index < -0.39 is 0 Å². The van der Waals surface area contributed by atoms with Crippen LogP contribution in [0.1, 0.15) is 57.9 Å².